The number of anilines is 1. The van der Waals surface area contributed by atoms with Crippen molar-refractivity contribution in [3.63, 3.8) is 0 Å². The van der Waals surface area contributed by atoms with E-state index in [1.807, 2.05) is 17.7 Å². The number of pyridine rings is 1. The third kappa shape index (κ3) is 2.28. The average molecular weight is 299 g/mol. The molecule has 0 aliphatic heterocycles. The Hall–Kier alpha value is -2.89. The maximum atomic E-state index is 13.6. The highest BCUT2D eigenvalue weighted by Crippen LogP contribution is 2.34. The van der Waals surface area contributed by atoms with E-state index in [4.69, 9.17) is 4.74 Å². The molecular weight excluding hydrogens is 285 g/mol. The van der Waals surface area contributed by atoms with Crippen LogP contribution in [0, 0.1) is 5.82 Å². The molecular formula is C16H14FN3O2. The van der Waals surface area contributed by atoms with Crippen LogP contribution < -0.4 is 10.1 Å². The first-order chi connectivity index (χ1) is 10.6. The van der Waals surface area contributed by atoms with Crippen molar-refractivity contribution in [1.82, 2.24) is 9.55 Å². The molecule has 2 aromatic heterocycles. The molecule has 112 valence electrons. The maximum Gasteiger partial charge on any atom is 0.212 e. The number of benzene rings is 1. The first kappa shape index (κ1) is 14.1. The molecule has 6 heteroatoms. The predicted molar refractivity (Wildman–Crippen MR) is 82.3 cm³/mol. The lowest BCUT2D eigenvalue weighted by molar-refractivity contribution is -0.105. The second-order valence-electron chi connectivity index (χ2n) is 4.82. The lowest BCUT2D eigenvalue weighted by Gasteiger charge is -2.09. The van der Waals surface area contributed by atoms with Crippen LogP contribution >= 0.6 is 0 Å². The van der Waals surface area contributed by atoms with Crippen molar-refractivity contribution in [3.8, 4) is 17.0 Å². The zero-order chi connectivity index (χ0) is 15.7. The molecule has 5 nitrogen and oxygen atoms in total. The second kappa shape index (κ2) is 5.48. The van der Waals surface area contributed by atoms with Gasteiger partial charge in [-0.1, -0.05) is 0 Å². The second-order valence-corrected chi connectivity index (χ2v) is 4.82. The van der Waals surface area contributed by atoms with Gasteiger partial charge in [0.05, 0.1) is 24.5 Å². The van der Waals surface area contributed by atoms with Crippen LogP contribution in [0.15, 0.2) is 36.5 Å². The number of hydrogen-bond donors (Lipinski definition) is 1. The van der Waals surface area contributed by atoms with Gasteiger partial charge in [0.2, 0.25) is 6.41 Å². The third-order valence-corrected chi connectivity index (χ3v) is 3.57. The van der Waals surface area contributed by atoms with E-state index in [-0.39, 0.29) is 5.82 Å². The number of aromatic nitrogens is 2. The topological polar surface area (TPSA) is 56.1 Å². The lowest BCUT2D eigenvalue weighted by atomic mass is 10.1. The fraction of sp³-hybridized carbons (Fsp3) is 0.125. The number of aryl methyl sites for hydroxylation is 1. The summed E-state index contributed by atoms with van der Waals surface area (Å²) in [6.45, 7) is 0. The fourth-order valence-electron chi connectivity index (χ4n) is 2.51. The van der Waals surface area contributed by atoms with Crippen molar-refractivity contribution in [2.45, 2.75) is 0 Å². The van der Waals surface area contributed by atoms with Gasteiger partial charge >= 0.3 is 0 Å². The summed E-state index contributed by atoms with van der Waals surface area (Å²) in [7, 11) is 3.42. The number of halogens is 1. The van der Waals surface area contributed by atoms with Gasteiger partial charge in [0.25, 0.3) is 0 Å². The lowest BCUT2D eigenvalue weighted by Crippen LogP contribution is -1.97. The van der Waals surface area contributed by atoms with Gasteiger partial charge < -0.3 is 14.6 Å². The average Bonchev–Trinajstić information content (AvgIpc) is 2.84. The van der Waals surface area contributed by atoms with Crippen LogP contribution in [0.5, 0.6) is 5.75 Å². The van der Waals surface area contributed by atoms with Crippen molar-refractivity contribution in [1.29, 1.82) is 0 Å². The summed E-state index contributed by atoms with van der Waals surface area (Å²) in [6, 6.07) is 8.06. The normalized spacial score (nSPS) is 10.7. The van der Waals surface area contributed by atoms with Gasteiger partial charge in [-0.15, -0.1) is 0 Å². The van der Waals surface area contributed by atoms with Gasteiger partial charge in [-0.2, -0.15) is 0 Å². The molecule has 0 unspecified atom stereocenters. The van der Waals surface area contributed by atoms with E-state index in [2.05, 4.69) is 10.3 Å². The molecule has 3 aromatic rings. The Bertz CT molecular complexity index is 858. The van der Waals surface area contributed by atoms with E-state index in [1.165, 1.54) is 12.1 Å². The van der Waals surface area contributed by atoms with Crippen LogP contribution in [0.4, 0.5) is 10.2 Å². The van der Waals surface area contributed by atoms with Crippen LogP contribution in [0.2, 0.25) is 0 Å². The minimum Gasteiger partial charge on any atom is -0.496 e. The quantitative estimate of drug-likeness (QED) is 0.754. The molecule has 2 heterocycles. The SMILES string of the molecule is COc1ccc(F)cc1-c1cc2cc(NC=O)ncc2n1C. The molecule has 0 saturated carbocycles. The first-order valence-corrected chi connectivity index (χ1v) is 6.63. The minimum atomic E-state index is -0.331. The van der Waals surface area contributed by atoms with Crippen molar-refractivity contribution in [2.75, 3.05) is 12.4 Å². The summed E-state index contributed by atoms with van der Waals surface area (Å²) >= 11 is 0. The van der Waals surface area contributed by atoms with E-state index in [0.717, 1.165) is 16.6 Å². The summed E-state index contributed by atoms with van der Waals surface area (Å²) in [4.78, 5) is 14.7. The van der Waals surface area contributed by atoms with E-state index >= 15 is 0 Å². The molecule has 22 heavy (non-hydrogen) atoms. The van der Waals surface area contributed by atoms with Gasteiger partial charge in [0, 0.05) is 18.0 Å². The van der Waals surface area contributed by atoms with E-state index in [0.29, 0.717) is 23.5 Å². The Balaban J connectivity index is 2.21. The number of methoxy groups -OCH3 is 1. The Morgan fingerprint density at radius 3 is 2.86 bits per heavy atom. The number of ether oxygens (including phenoxy) is 1. The number of nitrogens with zero attached hydrogens (tertiary/aromatic N) is 2. The first-order valence-electron chi connectivity index (χ1n) is 6.63. The maximum absolute atomic E-state index is 13.6. The number of rotatable bonds is 4. The predicted octanol–water partition coefficient (Wildman–Crippen LogP) is 2.96. The van der Waals surface area contributed by atoms with Crippen LogP contribution in [-0.4, -0.2) is 23.1 Å². The monoisotopic (exact) mass is 299 g/mol. The fourth-order valence-corrected chi connectivity index (χ4v) is 2.51. The number of carbonyl (C=O) groups is 1. The molecule has 1 aromatic carbocycles. The molecule has 0 aliphatic carbocycles. The largest absolute Gasteiger partial charge is 0.496 e. The van der Waals surface area contributed by atoms with Crippen LogP contribution in [0.3, 0.4) is 0 Å². The molecule has 0 aliphatic rings. The van der Waals surface area contributed by atoms with Crippen LogP contribution in [0.1, 0.15) is 0 Å². The molecule has 0 radical (unpaired) electrons. The Morgan fingerprint density at radius 1 is 1.32 bits per heavy atom. The molecule has 0 spiro atoms. The summed E-state index contributed by atoms with van der Waals surface area (Å²) < 4.78 is 20.8. The highest BCUT2D eigenvalue weighted by atomic mass is 19.1. The van der Waals surface area contributed by atoms with Gasteiger partial charge in [-0.25, -0.2) is 9.37 Å². The number of hydrogen-bond acceptors (Lipinski definition) is 3. The Morgan fingerprint density at radius 2 is 2.14 bits per heavy atom. The number of nitrogens with one attached hydrogen (secondary N) is 1. The molecule has 0 atom stereocenters. The highest BCUT2D eigenvalue weighted by molar-refractivity contribution is 5.90. The van der Waals surface area contributed by atoms with Crippen LogP contribution in [-0.2, 0) is 11.8 Å². The van der Waals surface area contributed by atoms with E-state index < -0.39 is 0 Å². The smallest absolute Gasteiger partial charge is 0.212 e. The van der Waals surface area contributed by atoms with Crippen molar-refractivity contribution in [2.24, 2.45) is 7.05 Å². The molecule has 1 amide bonds. The summed E-state index contributed by atoms with van der Waals surface area (Å²) in [5.41, 5.74) is 2.33. The van der Waals surface area contributed by atoms with Crippen LogP contribution in [0.25, 0.3) is 22.2 Å². The van der Waals surface area contributed by atoms with Gasteiger partial charge in [0.1, 0.15) is 17.4 Å². The minimum absolute atomic E-state index is 0.331. The molecule has 0 fully saturated rings. The van der Waals surface area contributed by atoms with Gasteiger partial charge in [-0.3, -0.25) is 4.79 Å². The highest BCUT2D eigenvalue weighted by Gasteiger charge is 2.14. The number of amides is 1. The standard InChI is InChI=1S/C16H14FN3O2/c1-20-13(12-7-11(17)3-4-15(12)22-2)5-10-6-16(19-9-21)18-8-14(10)20/h3-9H,1-2H3,(H,18,19,21). The van der Waals surface area contributed by atoms with Crippen molar-refractivity contribution >= 4 is 23.1 Å². The van der Waals surface area contributed by atoms with Crippen molar-refractivity contribution < 1.29 is 13.9 Å². The summed E-state index contributed by atoms with van der Waals surface area (Å²) in [5.74, 6) is 0.722. The van der Waals surface area contributed by atoms with Gasteiger partial charge in [-0.05, 0) is 30.3 Å². The zero-order valence-electron chi connectivity index (χ0n) is 12.1. The zero-order valence-corrected chi connectivity index (χ0v) is 12.1. The summed E-state index contributed by atoms with van der Waals surface area (Å²) in [5, 5.41) is 3.41. The third-order valence-electron chi connectivity index (χ3n) is 3.57. The van der Waals surface area contributed by atoms with Gasteiger partial charge in [0.15, 0.2) is 0 Å². The molecule has 0 saturated heterocycles. The Labute approximate surface area is 126 Å². The molecule has 3 rings (SSSR count). The molecule has 1 N–H and O–H groups in total. The number of fused-ring (bicyclic) bond motifs is 1. The van der Waals surface area contributed by atoms with E-state index in [9.17, 15) is 9.18 Å². The Kier molecular flexibility index (Phi) is 3.50. The van der Waals surface area contributed by atoms with E-state index in [1.54, 1.807) is 25.4 Å². The van der Waals surface area contributed by atoms with Crippen molar-refractivity contribution in [3.05, 3.63) is 42.3 Å². The summed E-state index contributed by atoms with van der Waals surface area (Å²) in [6.07, 6.45) is 2.24. The number of carbonyl (C=O) groups excluding carboxylic acids is 1. The molecule has 0 bridgehead atoms.